The predicted molar refractivity (Wildman–Crippen MR) is 152 cm³/mol. The van der Waals surface area contributed by atoms with Crippen LogP contribution in [-0.4, -0.2) is 0 Å². The zero-order valence-corrected chi connectivity index (χ0v) is 23.0. The second-order valence-corrected chi connectivity index (χ2v) is 11.8. The quantitative estimate of drug-likeness (QED) is 0.213. The van der Waals surface area contributed by atoms with Crippen LogP contribution in [0.2, 0.25) is 0 Å². The van der Waals surface area contributed by atoms with E-state index in [4.69, 9.17) is 0 Å². The minimum Gasteiger partial charge on any atom is -0.0804 e. The molecule has 1 aromatic carbocycles. The topological polar surface area (TPSA) is 0 Å². The molecule has 1 saturated carbocycles. The Balaban J connectivity index is 1.32. The summed E-state index contributed by atoms with van der Waals surface area (Å²) in [5, 5.41) is 0. The summed E-state index contributed by atoms with van der Waals surface area (Å²) in [6.45, 7) is 4.62. The summed E-state index contributed by atoms with van der Waals surface area (Å²) in [5.41, 5.74) is 4.73. The monoisotopic (exact) mass is 464 g/mol. The Morgan fingerprint density at radius 1 is 0.588 bits per heavy atom. The third kappa shape index (κ3) is 9.91. The standard InChI is InChI=1S/C34H56/c1-3-5-7-9-10-11-12-14-16-30-19-23-32(24-20-30)34-27-25-33(26-28-34)31-21-17-29(18-22-31)15-13-8-6-4-2/h23,25-31H,3-22,24H2,1-2H3. The van der Waals surface area contributed by atoms with Gasteiger partial charge in [-0.2, -0.15) is 0 Å². The molecule has 0 spiro atoms. The van der Waals surface area contributed by atoms with Crippen molar-refractivity contribution in [2.45, 2.75) is 155 Å². The van der Waals surface area contributed by atoms with Crippen molar-refractivity contribution in [3.8, 4) is 0 Å². The van der Waals surface area contributed by atoms with E-state index in [1.54, 1.807) is 11.1 Å². The zero-order valence-electron chi connectivity index (χ0n) is 23.0. The summed E-state index contributed by atoms with van der Waals surface area (Å²) < 4.78 is 0. The SMILES string of the molecule is CCCCCCCCCCC1CC=C(c2ccc(C3CCC(CCCCCC)CC3)cc2)CC1. The van der Waals surface area contributed by atoms with Crippen molar-refractivity contribution in [3.05, 3.63) is 41.5 Å². The van der Waals surface area contributed by atoms with Gasteiger partial charge in [-0.1, -0.05) is 134 Å². The van der Waals surface area contributed by atoms with Gasteiger partial charge >= 0.3 is 0 Å². The molecule has 0 nitrogen and oxygen atoms in total. The molecule has 1 unspecified atom stereocenters. The summed E-state index contributed by atoms with van der Waals surface area (Å²) >= 11 is 0. The largest absolute Gasteiger partial charge is 0.0804 e. The van der Waals surface area contributed by atoms with Gasteiger partial charge in [0, 0.05) is 0 Å². The first-order chi connectivity index (χ1) is 16.8. The number of hydrogen-bond acceptors (Lipinski definition) is 0. The van der Waals surface area contributed by atoms with E-state index >= 15 is 0 Å². The van der Waals surface area contributed by atoms with E-state index in [0.29, 0.717) is 0 Å². The Morgan fingerprint density at radius 3 is 1.74 bits per heavy atom. The second-order valence-electron chi connectivity index (χ2n) is 11.8. The fourth-order valence-corrected chi connectivity index (χ4v) is 6.59. The van der Waals surface area contributed by atoms with E-state index < -0.39 is 0 Å². The number of rotatable bonds is 16. The van der Waals surface area contributed by atoms with Gasteiger partial charge in [0.15, 0.2) is 0 Å². The third-order valence-corrected chi connectivity index (χ3v) is 9.05. The Hall–Kier alpha value is -1.04. The van der Waals surface area contributed by atoms with Crippen molar-refractivity contribution in [1.29, 1.82) is 0 Å². The van der Waals surface area contributed by atoms with Crippen molar-refractivity contribution in [2.75, 3.05) is 0 Å². The van der Waals surface area contributed by atoms with Crippen molar-refractivity contribution < 1.29 is 0 Å². The molecule has 0 radical (unpaired) electrons. The summed E-state index contributed by atoms with van der Waals surface area (Å²) in [6, 6.07) is 9.82. The Labute approximate surface area is 213 Å². The molecule has 3 rings (SSSR count). The highest BCUT2D eigenvalue weighted by Gasteiger charge is 2.22. The van der Waals surface area contributed by atoms with Crippen LogP contribution < -0.4 is 0 Å². The maximum atomic E-state index is 2.58. The van der Waals surface area contributed by atoms with E-state index in [2.05, 4.69) is 44.2 Å². The van der Waals surface area contributed by atoms with Crippen LogP contribution in [0.5, 0.6) is 0 Å². The summed E-state index contributed by atoms with van der Waals surface area (Å²) in [7, 11) is 0. The highest BCUT2D eigenvalue weighted by Crippen LogP contribution is 2.39. The van der Waals surface area contributed by atoms with E-state index in [1.807, 2.05) is 0 Å². The third-order valence-electron chi connectivity index (χ3n) is 9.05. The molecule has 0 heteroatoms. The molecule has 2 aliphatic carbocycles. The molecule has 0 bridgehead atoms. The van der Waals surface area contributed by atoms with Crippen LogP contribution in [0.25, 0.3) is 5.57 Å². The highest BCUT2D eigenvalue weighted by atomic mass is 14.3. The maximum Gasteiger partial charge on any atom is -0.0162 e. The van der Waals surface area contributed by atoms with Crippen LogP contribution in [-0.2, 0) is 0 Å². The predicted octanol–water partition coefficient (Wildman–Crippen LogP) is 11.6. The molecular weight excluding hydrogens is 408 g/mol. The van der Waals surface area contributed by atoms with Crippen LogP contribution in [0, 0.1) is 11.8 Å². The van der Waals surface area contributed by atoms with Gasteiger partial charge in [0.25, 0.3) is 0 Å². The number of allylic oxidation sites excluding steroid dienone is 2. The van der Waals surface area contributed by atoms with Crippen LogP contribution in [0.15, 0.2) is 30.3 Å². The lowest BCUT2D eigenvalue weighted by Gasteiger charge is -2.29. The lowest BCUT2D eigenvalue weighted by molar-refractivity contribution is 0.302. The first-order valence-corrected chi connectivity index (χ1v) is 15.6. The second kappa shape index (κ2) is 16.6. The molecule has 2 aliphatic rings. The average molecular weight is 465 g/mol. The molecule has 0 N–H and O–H groups in total. The van der Waals surface area contributed by atoms with Gasteiger partial charge in [-0.3, -0.25) is 0 Å². The lowest BCUT2D eigenvalue weighted by Crippen LogP contribution is -2.13. The molecular formula is C34H56. The smallest absolute Gasteiger partial charge is 0.0162 e. The van der Waals surface area contributed by atoms with Crippen molar-refractivity contribution in [1.82, 2.24) is 0 Å². The molecule has 0 heterocycles. The summed E-state index contributed by atoms with van der Waals surface area (Å²) in [4.78, 5) is 0. The molecule has 0 aliphatic heterocycles. The minimum atomic E-state index is 0.817. The van der Waals surface area contributed by atoms with Crippen LogP contribution >= 0.6 is 0 Å². The van der Waals surface area contributed by atoms with Crippen molar-refractivity contribution in [3.63, 3.8) is 0 Å². The van der Waals surface area contributed by atoms with Gasteiger partial charge in [0.2, 0.25) is 0 Å². The minimum absolute atomic E-state index is 0.817. The number of hydrogen-bond donors (Lipinski definition) is 0. The molecule has 34 heavy (non-hydrogen) atoms. The molecule has 0 saturated heterocycles. The molecule has 1 fully saturated rings. The van der Waals surface area contributed by atoms with Crippen LogP contribution in [0.1, 0.15) is 166 Å². The molecule has 192 valence electrons. The Morgan fingerprint density at radius 2 is 1.15 bits per heavy atom. The molecule has 1 aromatic rings. The number of benzene rings is 1. The summed E-state index contributed by atoms with van der Waals surface area (Å²) in [5.74, 6) is 2.77. The Kier molecular flexibility index (Phi) is 13.4. The molecule has 1 atom stereocenters. The molecule has 0 amide bonds. The van der Waals surface area contributed by atoms with Crippen LogP contribution in [0.4, 0.5) is 0 Å². The van der Waals surface area contributed by atoms with E-state index in [-0.39, 0.29) is 0 Å². The van der Waals surface area contributed by atoms with Gasteiger partial charge < -0.3 is 0 Å². The first kappa shape index (κ1) is 27.5. The zero-order chi connectivity index (χ0) is 23.8. The fraction of sp³-hybridized carbons (Fsp3) is 0.765. The van der Waals surface area contributed by atoms with Crippen LogP contribution in [0.3, 0.4) is 0 Å². The maximum absolute atomic E-state index is 2.58. The van der Waals surface area contributed by atoms with Gasteiger partial charge in [0.05, 0.1) is 0 Å². The number of unbranched alkanes of at least 4 members (excludes halogenated alkanes) is 10. The molecule has 0 aromatic heterocycles. The first-order valence-electron chi connectivity index (χ1n) is 15.6. The highest BCUT2D eigenvalue weighted by molar-refractivity contribution is 5.66. The van der Waals surface area contributed by atoms with Gasteiger partial charge in [-0.25, -0.2) is 0 Å². The Bertz CT molecular complexity index is 658. The van der Waals surface area contributed by atoms with Gasteiger partial charge in [0.1, 0.15) is 0 Å². The van der Waals surface area contributed by atoms with E-state index in [1.165, 1.54) is 140 Å². The van der Waals surface area contributed by atoms with Gasteiger partial charge in [-0.05, 0) is 79.4 Å². The summed E-state index contributed by atoms with van der Waals surface area (Å²) in [6.07, 6.45) is 32.6. The van der Waals surface area contributed by atoms with Crippen molar-refractivity contribution >= 4 is 5.57 Å². The van der Waals surface area contributed by atoms with Crippen molar-refractivity contribution in [2.24, 2.45) is 11.8 Å². The van der Waals surface area contributed by atoms with E-state index in [0.717, 1.165) is 17.8 Å². The fourth-order valence-electron chi connectivity index (χ4n) is 6.59. The lowest BCUT2D eigenvalue weighted by atomic mass is 9.76. The normalized spacial score (nSPS) is 23.1. The van der Waals surface area contributed by atoms with Gasteiger partial charge in [-0.15, -0.1) is 0 Å². The van der Waals surface area contributed by atoms with E-state index in [9.17, 15) is 0 Å². The average Bonchev–Trinajstić information content (AvgIpc) is 2.89.